The van der Waals surface area contributed by atoms with Crippen LogP contribution in [-0.2, 0) is 7.05 Å². The molecule has 4 nitrogen and oxygen atoms in total. The molecule has 5 heteroatoms. The summed E-state index contributed by atoms with van der Waals surface area (Å²) in [4.78, 5) is 6.78. The Bertz CT molecular complexity index is 945. The summed E-state index contributed by atoms with van der Waals surface area (Å²) in [6, 6.07) is 8.48. The van der Waals surface area contributed by atoms with E-state index in [1.54, 1.807) is 0 Å². The molecule has 4 rings (SSSR count). The van der Waals surface area contributed by atoms with Crippen LogP contribution >= 0.6 is 0 Å². The van der Waals surface area contributed by atoms with E-state index in [1.807, 2.05) is 13.0 Å². The van der Waals surface area contributed by atoms with E-state index < -0.39 is 0 Å². The molecule has 0 saturated carbocycles. The molecule has 23 heavy (non-hydrogen) atoms. The Kier molecular flexibility index (Phi) is 3.05. The summed E-state index contributed by atoms with van der Waals surface area (Å²) < 4.78 is 8.12. The highest BCUT2D eigenvalue weighted by molar-refractivity contribution is 6.81. The number of hydrogen-bond donors (Lipinski definition) is 0. The monoisotopic (exact) mass is 304 g/mol. The molecule has 0 saturated heterocycles. The number of pyridine rings is 2. The molecular weight excluding hydrogens is 285 g/mol. The van der Waals surface area contributed by atoms with Gasteiger partial charge in [-0.2, -0.15) is 0 Å². The molecule has 0 amide bonds. The number of aryl methyl sites for hydroxylation is 3. The number of fused-ring (bicyclic) bond motifs is 3. The van der Waals surface area contributed by atoms with E-state index >= 15 is 0 Å². The Hall–Kier alpha value is -2.56. The summed E-state index contributed by atoms with van der Waals surface area (Å²) in [5, 5.41) is 1.07. The zero-order valence-corrected chi connectivity index (χ0v) is 13.9. The van der Waals surface area contributed by atoms with E-state index in [1.165, 1.54) is 11.2 Å². The summed E-state index contributed by atoms with van der Waals surface area (Å²) in [6.07, 6.45) is 4.22. The van der Waals surface area contributed by atoms with Crippen LogP contribution in [0.1, 0.15) is 17.0 Å². The van der Waals surface area contributed by atoms with Gasteiger partial charge in [-0.15, -0.1) is 0 Å². The van der Waals surface area contributed by atoms with Crippen LogP contribution in [0.25, 0.3) is 17.2 Å². The Morgan fingerprint density at radius 1 is 1.17 bits per heavy atom. The van der Waals surface area contributed by atoms with Gasteiger partial charge in [-0.3, -0.25) is 0 Å². The highest BCUT2D eigenvalue weighted by atomic mass is 16.3. The number of rotatable bonds is 1. The largest absolute Gasteiger partial charge is 0.436 e. The zero-order chi connectivity index (χ0) is 16.1. The first kappa shape index (κ1) is 14.1. The minimum absolute atomic E-state index is 0.176. The molecule has 3 aromatic heterocycles. The first-order chi connectivity index (χ1) is 11.0. The molecule has 0 atom stereocenters. The van der Waals surface area contributed by atoms with Gasteiger partial charge >= 0.3 is 6.85 Å². The maximum Gasteiger partial charge on any atom is 0.396 e. The van der Waals surface area contributed by atoms with Crippen molar-refractivity contribution in [1.29, 1.82) is 0 Å². The van der Waals surface area contributed by atoms with Crippen LogP contribution < -0.4 is 15.0 Å². The zero-order valence-electron chi connectivity index (χ0n) is 13.9. The number of aromatic nitrogens is 2. The lowest BCUT2D eigenvalue weighted by molar-refractivity contribution is -0.654. The van der Waals surface area contributed by atoms with Crippen molar-refractivity contribution in [1.82, 2.24) is 4.98 Å². The van der Waals surface area contributed by atoms with Gasteiger partial charge in [0.2, 0.25) is 5.71 Å². The van der Waals surface area contributed by atoms with Gasteiger partial charge in [-0.05, 0) is 51.2 Å². The van der Waals surface area contributed by atoms with Crippen LogP contribution in [0.4, 0.5) is 5.69 Å². The topological polar surface area (TPSA) is 33.2 Å². The number of furan rings is 1. The highest BCUT2D eigenvalue weighted by Gasteiger charge is 2.34. The molecule has 0 spiro atoms. The average Bonchev–Trinajstić information content (AvgIpc) is 2.86. The van der Waals surface area contributed by atoms with Crippen LogP contribution in [0, 0.1) is 13.8 Å². The molecule has 0 aromatic carbocycles. The van der Waals surface area contributed by atoms with E-state index in [9.17, 15) is 0 Å². The second kappa shape index (κ2) is 4.98. The molecule has 0 aliphatic carbocycles. The lowest BCUT2D eigenvalue weighted by atomic mass is 9.55. The summed E-state index contributed by atoms with van der Waals surface area (Å²) >= 11 is 0. The maximum atomic E-state index is 5.93. The molecule has 0 fully saturated rings. The van der Waals surface area contributed by atoms with Crippen LogP contribution in [-0.4, -0.2) is 18.9 Å². The van der Waals surface area contributed by atoms with E-state index in [0.29, 0.717) is 5.71 Å². The van der Waals surface area contributed by atoms with Crippen molar-refractivity contribution in [2.45, 2.75) is 13.8 Å². The van der Waals surface area contributed by atoms with Gasteiger partial charge in [-0.1, -0.05) is 5.98 Å². The average molecular weight is 304 g/mol. The predicted molar refractivity (Wildman–Crippen MR) is 93.9 cm³/mol. The Balaban J connectivity index is 1.85. The van der Waals surface area contributed by atoms with Gasteiger partial charge in [0.15, 0.2) is 17.6 Å². The van der Waals surface area contributed by atoms with Gasteiger partial charge in [0, 0.05) is 11.3 Å². The van der Waals surface area contributed by atoms with Crippen molar-refractivity contribution in [2.75, 3.05) is 11.9 Å². The molecular formula is C18H19BN3O+. The second-order valence-corrected chi connectivity index (χ2v) is 6.28. The third-order valence-electron chi connectivity index (χ3n) is 4.52. The normalized spacial score (nSPS) is 13.7. The van der Waals surface area contributed by atoms with Crippen molar-refractivity contribution in [3.05, 3.63) is 53.5 Å². The standard InChI is InChI=1S/C18H19BN3O/c1-12-5-8-16(21(3)11-12)19-10-9-15-17(22(19)4)14-7-6-13(2)20-18(14)23-15/h5-11H,1-4H3/q+1. The van der Waals surface area contributed by atoms with Crippen molar-refractivity contribution in [3.63, 3.8) is 0 Å². The molecule has 0 bridgehead atoms. The highest BCUT2D eigenvalue weighted by Crippen LogP contribution is 2.36. The first-order valence-electron chi connectivity index (χ1n) is 7.82. The third kappa shape index (κ3) is 2.15. The van der Waals surface area contributed by atoms with Gasteiger partial charge in [0.25, 0.3) is 0 Å². The summed E-state index contributed by atoms with van der Waals surface area (Å²) in [5.74, 6) is 3.06. The Morgan fingerprint density at radius 3 is 2.78 bits per heavy atom. The summed E-state index contributed by atoms with van der Waals surface area (Å²) in [5.41, 5.74) is 5.29. The van der Waals surface area contributed by atoms with E-state index in [-0.39, 0.29) is 6.85 Å². The molecule has 114 valence electrons. The predicted octanol–water partition coefficient (Wildman–Crippen LogP) is 2.17. The quantitative estimate of drug-likeness (QED) is 0.510. The lowest BCUT2D eigenvalue weighted by Crippen LogP contribution is -2.60. The summed E-state index contributed by atoms with van der Waals surface area (Å²) in [6.45, 7) is 4.27. The van der Waals surface area contributed by atoms with Gasteiger partial charge < -0.3 is 9.23 Å². The lowest BCUT2D eigenvalue weighted by Gasteiger charge is -2.25. The Morgan fingerprint density at radius 2 is 2.00 bits per heavy atom. The molecule has 0 radical (unpaired) electrons. The van der Waals surface area contributed by atoms with Crippen LogP contribution in [0.5, 0.6) is 0 Å². The minimum Gasteiger partial charge on any atom is -0.436 e. The third-order valence-corrected chi connectivity index (χ3v) is 4.52. The number of hydrogen-bond acceptors (Lipinski definition) is 3. The smallest absolute Gasteiger partial charge is 0.396 e. The molecule has 0 N–H and O–H groups in total. The van der Waals surface area contributed by atoms with E-state index in [2.05, 4.69) is 71.8 Å². The first-order valence-corrected chi connectivity index (χ1v) is 7.82. The van der Waals surface area contributed by atoms with Gasteiger partial charge in [0.1, 0.15) is 7.05 Å². The van der Waals surface area contributed by atoms with E-state index in [4.69, 9.17) is 4.42 Å². The van der Waals surface area contributed by atoms with Gasteiger partial charge in [-0.25, -0.2) is 9.55 Å². The Labute approximate surface area is 136 Å². The molecule has 1 aliphatic heterocycles. The maximum absolute atomic E-state index is 5.93. The summed E-state index contributed by atoms with van der Waals surface area (Å²) in [7, 11) is 4.21. The van der Waals surface area contributed by atoms with Crippen molar-refractivity contribution >= 4 is 35.3 Å². The molecule has 4 heterocycles. The van der Waals surface area contributed by atoms with Crippen LogP contribution in [0.3, 0.4) is 0 Å². The number of nitrogens with zero attached hydrogens (tertiary/aromatic N) is 3. The fraction of sp³-hybridized carbons (Fsp3) is 0.222. The second-order valence-electron chi connectivity index (χ2n) is 6.28. The van der Waals surface area contributed by atoms with Crippen molar-refractivity contribution in [3.8, 4) is 0 Å². The molecule has 3 aromatic rings. The fourth-order valence-electron chi connectivity index (χ4n) is 3.36. The van der Waals surface area contributed by atoms with Crippen molar-refractivity contribution < 1.29 is 8.98 Å². The van der Waals surface area contributed by atoms with E-state index in [0.717, 1.165) is 22.5 Å². The van der Waals surface area contributed by atoms with Crippen LogP contribution in [0.15, 0.2) is 40.9 Å². The fourth-order valence-corrected chi connectivity index (χ4v) is 3.36. The number of anilines is 1. The van der Waals surface area contributed by atoms with Crippen molar-refractivity contribution in [2.24, 2.45) is 7.05 Å². The SMILES string of the molecule is Cc1ccc(B2C=Cc3oc4nc(C)ccc4c3N2C)[n+](C)c1. The van der Waals surface area contributed by atoms with Crippen LogP contribution in [0.2, 0.25) is 0 Å². The van der Waals surface area contributed by atoms with Gasteiger partial charge in [0.05, 0.1) is 11.1 Å². The molecule has 0 unspecified atom stereocenters. The molecule has 1 aliphatic rings. The minimum atomic E-state index is 0.176.